The number of para-hydroxylation sites is 2. The average Bonchev–Trinajstić information content (AvgIpc) is 2.92. The van der Waals surface area contributed by atoms with E-state index < -0.39 is 0 Å². The fourth-order valence-electron chi connectivity index (χ4n) is 6.54. The van der Waals surface area contributed by atoms with Gasteiger partial charge in [0.25, 0.3) is 0 Å². The molecule has 0 saturated heterocycles. The quantitative estimate of drug-likeness (QED) is 0.263. The summed E-state index contributed by atoms with van der Waals surface area (Å²) in [6.45, 7) is 14.7. The molecule has 0 N–H and O–H groups in total. The van der Waals surface area contributed by atoms with Gasteiger partial charge in [0.15, 0.2) is 0 Å². The van der Waals surface area contributed by atoms with Gasteiger partial charge in [0.05, 0.1) is 0 Å². The predicted octanol–water partition coefficient (Wildman–Crippen LogP) is 10.4. The molecule has 4 aromatic rings. The van der Waals surface area contributed by atoms with Crippen LogP contribution >= 0.6 is 0 Å². The van der Waals surface area contributed by atoms with E-state index in [0.717, 1.165) is 18.7 Å². The van der Waals surface area contributed by atoms with E-state index in [2.05, 4.69) is 161 Å². The van der Waals surface area contributed by atoms with E-state index in [1.807, 2.05) is 0 Å². The van der Waals surface area contributed by atoms with Crippen LogP contribution in [0.3, 0.4) is 0 Å². The highest BCUT2D eigenvalue weighted by Crippen LogP contribution is 2.50. The van der Waals surface area contributed by atoms with Crippen molar-refractivity contribution in [3.8, 4) is 0 Å². The molecule has 2 nitrogen and oxygen atoms in total. The summed E-state index contributed by atoms with van der Waals surface area (Å²) in [7, 11) is 0. The number of allylic oxidation sites excluding steroid dienone is 3. The molecule has 40 heavy (non-hydrogen) atoms. The van der Waals surface area contributed by atoms with E-state index in [0.29, 0.717) is 0 Å². The predicted molar refractivity (Wildman–Crippen MR) is 172 cm³/mol. The third-order valence-corrected chi connectivity index (χ3v) is 8.80. The molecule has 2 aliphatic rings. The summed E-state index contributed by atoms with van der Waals surface area (Å²) >= 11 is 0. The van der Waals surface area contributed by atoms with Crippen LogP contribution in [0.25, 0.3) is 0 Å². The molecule has 0 saturated carbocycles. The molecule has 2 aliphatic heterocycles. The van der Waals surface area contributed by atoms with Crippen LogP contribution in [0.2, 0.25) is 0 Å². The lowest BCUT2D eigenvalue weighted by atomic mass is 9.72. The van der Waals surface area contributed by atoms with Crippen molar-refractivity contribution >= 4 is 28.4 Å². The molecule has 0 aromatic heterocycles. The Morgan fingerprint density at radius 3 is 2.08 bits per heavy atom. The first-order valence-corrected chi connectivity index (χ1v) is 14.5. The highest BCUT2D eigenvalue weighted by molar-refractivity contribution is 5.82. The Hall–Kier alpha value is -4.04. The van der Waals surface area contributed by atoms with E-state index in [1.54, 1.807) is 0 Å². The summed E-state index contributed by atoms with van der Waals surface area (Å²) < 4.78 is 0. The molecular formula is C38H40N2. The Kier molecular flexibility index (Phi) is 6.45. The Morgan fingerprint density at radius 1 is 0.650 bits per heavy atom. The molecule has 202 valence electrons. The summed E-state index contributed by atoms with van der Waals surface area (Å²) in [4.78, 5) is 4.95. The molecule has 0 fully saturated rings. The number of hydrogen-bond acceptors (Lipinski definition) is 2. The maximum Gasteiger partial charge on any atom is 0.0466 e. The van der Waals surface area contributed by atoms with Crippen molar-refractivity contribution in [2.24, 2.45) is 0 Å². The molecule has 6 rings (SSSR count). The number of nitrogens with zero attached hydrogens (tertiary/aromatic N) is 2. The van der Waals surface area contributed by atoms with Gasteiger partial charge in [-0.1, -0.05) is 88.4 Å². The van der Waals surface area contributed by atoms with E-state index >= 15 is 0 Å². The van der Waals surface area contributed by atoms with Crippen LogP contribution in [0, 0.1) is 13.8 Å². The van der Waals surface area contributed by atoms with Gasteiger partial charge in [0, 0.05) is 40.4 Å². The van der Waals surface area contributed by atoms with Crippen molar-refractivity contribution in [2.45, 2.75) is 58.8 Å². The maximum absolute atomic E-state index is 2.55. The highest BCUT2D eigenvalue weighted by Gasteiger charge is 2.38. The minimum absolute atomic E-state index is 0.0403. The molecule has 0 unspecified atom stereocenters. The molecule has 0 amide bonds. The van der Waals surface area contributed by atoms with Crippen LogP contribution in [0.4, 0.5) is 28.4 Å². The minimum atomic E-state index is -0.110. The van der Waals surface area contributed by atoms with E-state index in [1.165, 1.54) is 50.6 Å². The third kappa shape index (κ3) is 4.56. The molecule has 0 spiro atoms. The van der Waals surface area contributed by atoms with Crippen molar-refractivity contribution in [3.05, 3.63) is 137 Å². The topological polar surface area (TPSA) is 6.48 Å². The lowest BCUT2D eigenvalue weighted by Gasteiger charge is -2.45. The number of rotatable bonds is 3. The maximum atomic E-state index is 2.55. The minimum Gasteiger partial charge on any atom is -0.337 e. The SMILES string of the molecule is Cc1cc(C)cc(N(c2ccccc2)c2ccc3c(c2)C(C)(C)/C2=C/C=C\CC(C)(C)c4ccccc4N3C2)c1. The normalized spacial score (nSPS) is 19.1. The van der Waals surface area contributed by atoms with Crippen molar-refractivity contribution in [3.63, 3.8) is 0 Å². The van der Waals surface area contributed by atoms with E-state index in [-0.39, 0.29) is 10.8 Å². The number of anilines is 5. The second-order valence-corrected chi connectivity index (χ2v) is 12.7. The molecule has 0 atom stereocenters. The van der Waals surface area contributed by atoms with Crippen molar-refractivity contribution in [1.29, 1.82) is 0 Å². The van der Waals surface area contributed by atoms with Gasteiger partial charge < -0.3 is 9.80 Å². The zero-order valence-corrected chi connectivity index (χ0v) is 24.7. The molecule has 0 radical (unpaired) electrons. The monoisotopic (exact) mass is 524 g/mol. The highest BCUT2D eigenvalue weighted by atomic mass is 15.2. The molecule has 2 bridgehead atoms. The summed E-state index contributed by atoms with van der Waals surface area (Å²) in [5.74, 6) is 0. The van der Waals surface area contributed by atoms with E-state index in [9.17, 15) is 0 Å². The standard InChI is InChI=1S/C38H40N2/c1-27-22-28(2)24-32(23-27)40(30-15-8-7-9-16-30)31-19-20-36-34(25-31)38(5,6)29-14-12-13-21-37(3,4)33-17-10-11-18-35(33)39(36)26-29/h7-20,22-25H,21,26H2,1-6H3/b13-12-,29-14+. The van der Waals surface area contributed by atoms with Gasteiger partial charge in [-0.2, -0.15) is 0 Å². The molecule has 0 aliphatic carbocycles. The summed E-state index contributed by atoms with van der Waals surface area (Å²) in [5.41, 5.74) is 12.8. The van der Waals surface area contributed by atoms with Crippen LogP contribution < -0.4 is 9.80 Å². The molecule has 4 aromatic carbocycles. The first-order valence-electron chi connectivity index (χ1n) is 14.5. The molecule has 2 heterocycles. The Balaban J connectivity index is 1.59. The van der Waals surface area contributed by atoms with Crippen LogP contribution in [0.1, 0.15) is 56.4 Å². The van der Waals surface area contributed by atoms with Crippen LogP contribution in [-0.2, 0) is 10.8 Å². The zero-order valence-electron chi connectivity index (χ0n) is 24.7. The van der Waals surface area contributed by atoms with Crippen LogP contribution in [-0.4, -0.2) is 6.54 Å². The van der Waals surface area contributed by atoms with Crippen molar-refractivity contribution < 1.29 is 0 Å². The summed E-state index contributed by atoms with van der Waals surface area (Å²) in [6.07, 6.45) is 8.01. The number of aryl methyl sites for hydroxylation is 2. The Bertz CT molecular complexity index is 1600. The fourth-order valence-corrected chi connectivity index (χ4v) is 6.54. The van der Waals surface area contributed by atoms with Gasteiger partial charge in [-0.25, -0.2) is 0 Å². The lowest BCUT2D eigenvalue weighted by molar-refractivity contribution is 0.530. The number of benzene rings is 4. The Labute approximate surface area is 240 Å². The average molecular weight is 525 g/mol. The molecule has 2 heteroatoms. The second kappa shape index (κ2) is 9.86. The van der Waals surface area contributed by atoms with Gasteiger partial charge in [-0.05, 0) is 102 Å². The third-order valence-electron chi connectivity index (χ3n) is 8.80. The van der Waals surface area contributed by atoms with Crippen molar-refractivity contribution in [2.75, 3.05) is 16.3 Å². The second-order valence-electron chi connectivity index (χ2n) is 12.7. The van der Waals surface area contributed by atoms with Gasteiger partial charge >= 0.3 is 0 Å². The van der Waals surface area contributed by atoms with Gasteiger partial charge in [0.2, 0.25) is 0 Å². The van der Waals surface area contributed by atoms with Crippen LogP contribution in [0.15, 0.2) is 115 Å². The van der Waals surface area contributed by atoms with Crippen molar-refractivity contribution in [1.82, 2.24) is 0 Å². The summed E-state index contributed by atoms with van der Waals surface area (Å²) in [6, 6.07) is 33.7. The zero-order chi connectivity index (χ0) is 28.1. The number of fused-ring (bicyclic) bond motifs is 6. The fraction of sp³-hybridized carbons (Fsp3) is 0.263. The van der Waals surface area contributed by atoms with Gasteiger partial charge in [-0.3, -0.25) is 0 Å². The van der Waals surface area contributed by atoms with E-state index in [4.69, 9.17) is 0 Å². The smallest absolute Gasteiger partial charge is 0.0466 e. The van der Waals surface area contributed by atoms with Crippen LogP contribution in [0.5, 0.6) is 0 Å². The number of hydrogen-bond donors (Lipinski definition) is 0. The largest absolute Gasteiger partial charge is 0.337 e. The first-order chi connectivity index (χ1) is 19.1. The lowest BCUT2D eigenvalue weighted by Crippen LogP contribution is -2.38. The summed E-state index contributed by atoms with van der Waals surface area (Å²) in [5, 5.41) is 0. The molecular weight excluding hydrogens is 484 g/mol. The first kappa shape index (κ1) is 26.2. The van der Waals surface area contributed by atoms with Gasteiger partial charge in [-0.15, -0.1) is 0 Å². The van der Waals surface area contributed by atoms with Gasteiger partial charge in [0.1, 0.15) is 0 Å². The Morgan fingerprint density at radius 2 is 1.32 bits per heavy atom.